The van der Waals surface area contributed by atoms with Crippen molar-refractivity contribution in [2.24, 2.45) is 5.73 Å². The maximum atomic E-state index is 11.9. The van der Waals surface area contributed by atoms with Crippen molar-refractivity contribution >= 4 is 10.0 Å². The van der Waals surface area contributed by atoms with Crippen molar-refractivity contribution in [2.75, 3.05) is 6.54 Å². The molecule has 0 atom stereocenters. The molecule has 2 rings (SSSR count). The quantitative estimate of drug-likeness (QED) is 0.541. The van der Waals surface area contributed by atoms with Gasteiger partial charge < -0.3 is 10.7 Å². The number of H-pyrrole nitrogens is 2. The highest BCUT2D eigenvalue weighted by Gasteiger charge is 2.19. The lowest BCUT2D eigenvalue weighted by Crippen LogP contribution is -2.27. The van der Waals surface area contributed by atoms with E-state index in [2.05, 4.69) is 24.9 Å². The first-order valence-corrected chi connectivity index (χ1v) is 6.82. The molecule has 0 aromatic carbocycles. The van der Waals surface area contributed by atoms with Crippen molar-refractivity contribution in [3.8, 4) is 0 Å². The summed E-state index contributed by atoms with van der Waals surface area (Å²) >= 11 is 0. The van der Waals surface area contributed by atoms with Crippen molar-refractivity contribution in [3.05, 3.63) is 30.0 Å². The molecule has 2 aromatic heterocycles. The predicted molar refractivity (Wildman–Crippen MR) is 64.0 cm³/mol. The average molecular weight is 270 g/mol. The molecule has 0 aliphatic carbocycles. The van der Waals surface area contributed by atoms with Gasteiger partial charge in [0.15, 0.2) is 5.03 Å². The summed E-state index contributed by atoms with van der Waals surface area (Å²) in [6, 6.07) is 0. The Hall–Kier alpha value is -1.71. The van der Waals surface area contributed by atoms with E-state index in [9.17, 15) is 8.42 Å². The Morgan fingerprint density at radius 2 is 2.28 bits per heavy atom. The summed E-state index contributed by atoms with van der Waals surface area (Å²) in [6.45, 7) is 0.365. The molecule has 9 heteroatoms. The van der Waals surface area contributed by atoms with Crippen LogP contribution in [0.25, 0.3) is 0 Å². The number of hydrogen-bond acceptors (Lipinski definition) is 5. The van der Waals surface area contributed by atoms with E-state index in [0.29, 0.717) is 12.0 Å². The van der Waals surface area contributed by atoms with E-state index in [-0.39, 0.29) is 18.1 Å². The minimum atomic E-state index is -3.60. The lowest BCUT2D eigenvalue weighted by Gasteiger charge is -2.05. The molecule has 0 bridgehead atoms. The van der Waals surface area contributed by atoms with Crippen LogP contribution >= 0.6 is 0 Å². The van der Waals surface area contributed by atoms with Crippen LogP contribution in [0.3, 0.4) is 0 Å². The number of nitrogens with two attached hydrogens (primary N) is 1. The van der Waals surface area contributed by atoms with Gasteiger partial charge in [0.05, 0.1) is 6.20 Å². The van der Waals surface area contributed by atoms with Gasteiger partial charge in [0.1, 0.15) is 5.82 Å². The largest absolute Gasteiger partial charge is 0.349 e. The molecule has 0 amide bonds. The Morgan fingerprint density at radius 1 is 1.44 bits per heavy atom. The lowest BCUT2D eigenvalue weighted by molar-refractivity contribution is 0.575. The molecule has 2 aromatic rings. The summed E-state index contributed by atoms with van der Waals surface area (Å²) in [4.78, 5) is 6.90. The van der Waals surface area contributed by atoms with E-state index >= 15 is 0 Å². The molecule has 98 valence electrons. The average Bonchev–Trinajstić information content (AvgIpc) is 2.99. The zero-order chi connectivity index (χ0) is 13.0. The molecule has 0 saturated heterocycles. The maximum absolute atomic E-state index is 11.9. The summed E-state index contributed by atoms with van der Waals surface area (Å²) in [6.07, 6.45) is 5.19. The van der Waals surface area contributed by atoms with Crippen molar-refractivity contribution in [3.63, 3.8) is 0 Å². The SMILES string of the molecule is NCc1cn[nH]c1S(=O)(=O)NCCc1ncc[nH]1. The fourth-order valence-corrected chi connectivity index (χ4v) is 2.66. The van der Waals surface area contributed by atoms with E-state index in [1.165, 1.54) is 6.20 Å². The van der Waals surface area contributed by atoms with E-state index in [0.717, 1.165) is 5.82 Å². The van der Waals surface area contributed by atoms with Crippen molar-refractivity contribution in [2.45, 2.75) is 18.0 Å². The number of nitrogens with one attached hydrogen (secondary N) is 3. The van der Waals surface area contributed by atoms with Crippen LogP contribution in [-0.4, -0.2) is 35.1 Å². The smallest absolute Gasteiger partial charge is 0.257 e. The number of rotatable bonds is 6. The van der Waals surface area contributed by atoms with Crippen LogP contribution < -0.4 is 10.5 Å². The molecule has 0 aliphatic heterocycles. The summed E-state index contributed by atoms with van der Waals surface area (Å²) in [5, 5.41) is 6.13. The molecule has 0 spiro atoms. The Morgan fingerprint density at radius 3 is 2.94 bits per heavy atom. The van der Waals surface area contributed by atoms with E-state index < -0.39 is 10.0 Å². The van der Waals surface area contributed by atoms with Crippen LogP contribution in [0.4, 0.5) is 0 Å². The van der Waals surface area contributed by atoms with Gasteiger partial charge in [-0.25, -0.2) is 18.1 Å². The Labute approximate surface area is 104 Å². The second-order valence-electron chi connectivity index (χ2n) is 3.61. The van der Waals surface area contributed by atoms with Crippen LogP contribution in [0.15, 0.2) is 23.6 Å². The second kappa shape index (κ2) is 5.29. The summed E-state index contributed by atoms with van der Waals surface area (Å²) < 4.78 is 26.3. The zero-order valence-electron chi connectivity index (χ0n) is 9.55. The van der Waals surface area contributed by atoms with E-state index in [4.69, 9.17) is 5.73 Å². The topological polar surface area (TPSA) is 130 Å². The maximum Gasteiger partial charge on any atom is 0.257 e. The summed E-state index contributed by atoms with van der Waals surface area (Å²) in [7, 11) is -3.60. The highest BCUT2D eigenvalue weighted by molar-refractivity contribution is 7.89. The molecule has 0 aliphatic rings. The molecule has 8 nitrogen and oxygen atoms in total. The number of aromatic nitrogens is 4. The lowest BCUT2D eigenvalue weighted by atomic mass is 10.4. The summed E-state index contributed by atoms with van der Waals surface area (Å²) in [5.74, 6) is 0.723. The Balaban J connectivity index is 1.99. The minimum Gasteiger partial charge on any atom is -0.349 e. The monoisotopic (exact) mass is 270 g/mol. The predicted octanol–water partition coefficient (Wildman–Crippen LogP) is -0.887. The number of sulfonamides is 1. The van der Waals surface area contributed by atoms with Gasteiger partial charge in [0, 0.05) is 37.5 Å². The first-order chi connectivity index (χ1) is 8.63. The molecule has 2 heterocycles. The number of aromatic amines is 2. The molecular weight excluding hydrogens is 256 g/mol. The van der Waals surface area contributed by atoms with Gasteiger partial charge in [-0.05, 0) is 0 Å². The summed E-state index contributed by atoms with van der Waals surface area (Å²) in [5.41, 5.74) is 5.89. The Kier molecular flexibility index (Phi) is 3.75. The third-order valence-corrected chi connectivity index (χ3v) is 3.85. The van der Waals surface area contributed by atoms with Gasteiger partial charge in [-0.1, -0.05) is 0 Å². The van der Waals surface area contributed by atoms with Crippen LogP contribution in [0.5, 0.6) is 0 Å². The molecule has 0 fully saturated rings. The van der Waals surface area contributed by atoms with E-state index in [1.807, 2.05) is 0 Å². The zero-order valence-corrected chi connectivity index (χ0v) is 10.4. The first-order valence-electron chi connectivity index (χ1n) is 5.33. The highest BCUT2D eigenvalue weighted by atomic mass is 32.2. The molecule has 0 saturated carbocycles. The highest BCUT2D eigenvalue weighted by Crippen LogP contribution is 2.10. The van der Waals surface area contributed by atoms with Crippen LogP contribution in [0.1, 0.15) is 11.4 Å². The Bertz CT molecular complexity index is 588. The minimum absolute atomic E-state index is 0.0180. The van der Waals surface area contributed by atoms with Gasteiger partial charge in [-0.15, -0.1) is 0 Å². The molecule has 0 unspecified atom stereocenters. The standard InChI is InChI=1S/C9H14N6O2S/c10-5-7-6-13-15-9(7)18(16,17)14-2-1-8-11-3-4-12-8/h3-4,6,14H,1-2,5,10H2,(H,11,12)(H,13,15). The number of imidazole rings is 1. The van der Waals surface area contributed by atoms with Crippen LogP contribution in [-0.2, 0) is 23.0 Å². The van der Waals surface area contributed by atoms with Gasteiger partial charge in [0.25, 0.3) is 10.0 Å². The fraction of sp³-hybridized carbons (Fsp3) is 0.333. The normalized spacial score (nSPS) is 11.8. The van der Waals surface area contributed by atoms with Crippen molar-refractivity contribution < 1.29 is 8.42 Å². The third-order valence-electron chi connectivity index (χ3n) is 2.38. The molecule has 5 N–H and O–H groups in total. The number of hydrogen-bond donors (Lipinski definition) is 4. The molecular formula is C9H14N6O2S. The molecule has 0 radical (unpaired) electrons. The first kappa shape index (κ1) is 12.7. The second-order valence-corrected chi connectivity index (χ2v) is 5.32. The van der Waals surface area contributed by atoms with Gasteiger partial charge in [-0.3, -0.25) is 5.10 Å². The van der Waals surface area contributed by atoms with Gasteiger partial charge in [0.2, 0.25) is 0 Å². The van der Waals surface area contributed by atoms with Crippen LogP contribution in [0, 0.1) is 0 Å². The van der Waals surface area contributed by atoms with E-state index in [1.54, 1.807) is 12.4 Å². The number of nitrogens with zero attached hydrogens (tertiary/aromatic N) is 2. The van der Waals surface area contributed by atoms with Gasteiger partial charge >= 0.3 is 0 Å². The molecule has 18 heavy (non-hydrogen) atoms. The van der Waals surface area contributed by atoms with Crippen molar-refractivity contribution in [1.82, 2.24) is 24.9 Å². The third kappa shape index (κ3) is 2.75. The van der Waals surface area contributed by atoms with Gasteiger partial charge in [-0.2, -0.15) is 5.10 Å². The van der Waals surface area contributed by atoms with Crippen molar-refractivity contribution in [1.29, 1.82) is 0 Å². The fourth-order valence-electron chi connectivity index (χ4n) is 1.49. The van der Waals surface area contributed by atoms with Crippen LogP contribution in [0.2, 0.25) is 0 Å².